The normalized spacial score (nSPS) is 22.0. The number of hydrogen-bond donors (Lipinski definition) is 1. The van der Waals surface area contributed by atoms with Gasteiger partial charge in [0, 0.05) is 6.42 Å². The van der Waals surface area contributed by atoms with E-state index >= 15 is 0 Å². The molecule has 5 nitrogen and oxygen atoms in total. The molecule has 2 rings (SSSR count). The van der Waals surface area contributed by atoms with Gasteiger partial charge in [-0.05, 0) is 37.8 Å². The van der Waals surface area contributed by atoms with Gasteiger partial charge in [-0.15, -0.1) is 0 Å². The Balaban J connectivity index is 1.96. The highest BCUT2D eigenvalue weighted by Gasteiger charge is 2.30. The van der Waals surface area contributed by atoms with E-state index in [1.807, 2.05) is 36.4 Å². The maximum atomic E-state index is 12.1. The van der Waals surface area contributed by atoms with Gasteiger partial charge >= 0.3 is 0 Å². The third-order valence-electron chi connectivity index (χ3n) is 3.77. The Labute approximate surface area is 132 Å². The summed E-state index contributed by atoms with van der Waals surface area (Å²) in [6.07, 6.45) is 4.17. The molecule has 0 spiro atoms. The Bertz CT molecular complexity index is 596. The molecule has 0 bridgehead atoms. The van der Waals surface area contributed by atoms with E-state index < -0.39 is 10.0 Å². The standard InChI is InChI=1S/C16H22N2O3S/c17-12-6-7-13-22(19,20)18-15-10-4-5-11-16(15)21-14-8-2-1-3-9-14/h1-3,8-9,15-16,18H,4-7,10-11,13H2/t15-,16-/m0/s1. The molecule has 0 aliphatic heterocycles. The highest BCUT2D eigenvalue weighted by molar-refractivity contribution is 7.89. The molecular weight excluding hydrogens is 300 g/mol. The first-order chi connectivity index (χ1) is 10.6. The highest BCUT2D eigenvalue weighted by atomic mass is 32.2. The molecule has 1 aliphatic carbocycles. The van der Waals surface area contributed by atoms with Crippen molar-refractivity contribution < 1.29 is 13.2 Å². The van der Waals surface area contributed by atoms with E-state index in [0.29, 0.717) is 6.42 Å². The van der Waals surface area contributed by atoms with Crippen LogP contribution >= 0.6 is 0 Å². The Morgan fingerprint density at radius 2 is 1.95 bits per heavy atom. The van der Waals surface area contributed by atoms with Crippen molar-refractivity contribution in [3.05, 3.63) is 30.3 Å². The fraction of sp³-hybridized carbons (Fsp3) is 0.562. The summed E-state index contributed by atoms with van der Waals surface area (Å²) in [6.45, 7) is 0. The Morgan fingerprint density at radius 3 is 2.68 bits per heavy atom. The summed E-state index contributed by atoms with van der Waals surface area (Å²) in [6, 6.07) is 11.3. The van der Waals surface area contributed by atoms with Gasteiger partial charge in [0.15, 0.2) is 0 Å². The number of ether oxygens (including phenoxy) is 1. The lowest BCUT2D eigenvalue weighted by Gasteiger charge is -2.32. The first-order valence-corrected chi connectivity index (χ1v) is 9.34. The highest BCUT2D eigenvalue weighted by Crippen LogP contribution is 2.24. The number of benzene rings is 1. The SMILES string of the molecule is N#CCCCS(=O)(=O)N[C@H]1CCCC[C@@H]1Oc1ccccc1. The molecule has 1 N–H and O–H groups in total. The molecule has 0 aromatic heterocycles. The van der Waals surface area contributed by atoms with Crippen LogP contribution in [0.1, 0.15) is 38.5 Å². The lowest BCUT2D eigenvalue weighted by Crippen LogP contribution is -2.48. The molecule has 0 heterocycles. The summed E-state index contributed by atoms with van der Waals surface area (Å²) >= 11 is 0. The van der Waals surface area contributed by atoms with Gasteiger partial charge in [-0.3, -0.25) is 0 Å². The van der Waals surface area contributed by atoms with Crippen LogP contribution in [0.2, 0.25) is 0 Å². The monoisotopic (exact) mass is 322 g/mol. The van der Waals surface area contributed by atoms with Gasteiger partial charge in [-0.2, -0.15) is 5.26 Å². The lowest BCUT2D eigenvalue weighted by molar-refractivity contribution is 0.125. The largest absolute Gasteiger partial charge is 0.489 e. The number of sulfonamides is 1. The van der Waals surface area contributed by atoms with E-state index in [2.05, 4.69) is 4.72 Å². The molecule has 6 heteroatoms. The molecule has 2 atom stereocenters. The van der Waals surface area contributed by atoms with E-state index in [4.69, 9.17) is 10.00 Å². The van der Waals surface area contributed by atoms with Crippen LogP contribution < -0.4 is 9.46 Å². The van der Waals surface area contributed by atoms with Crippen molar-refractivity contribution in [2.24, 2.45) is 0 Å². The Morgan fingerprint density at radius 1 is 1.23 bits per heavy atom. The van der Waals surface area contributed by atoms with E-state index in [9.17, 15) is 8.42 Å². The summed E-state index contributed by atoms with van der Waals surface area (Å²) in [5.74, 6) is 0.762. The molecule has 1 fully saturated rings. The van der Waals surface area contributed by atoms with Gasteiger partial charge in [0.1, 0.15) is 11.9 Å². The summed E-state index contributed by atoms with van der Waals surface area (Å²) in [4.78, 5) is 0. The van der Waals surface area contributed by atoms with Crippen LogP contribution in [0.15, 0.2) is 30.3 Å². The van der Waals surface area contributed by atoms with Crippen molar-refractivity contribution in [2.75, 3.05) is 5.75 Å². The summed E-state index contributed by atoms with van der Waals surface area (Å²) < 4.78 is 32.9. The summed E-state index contributed by atoms with van der Waals surface area (Å²) in [5, 5.41) is 8.51. The van der Waals surface area contributed by atoms with Gasteiger partial charge < -0.3 is 4.74 Å². The predicted molar refractivity (Wildman–Crippen MR) is 84.9 cm³/mol. The molecule has 1 aromatic rings. The summed E-state index contributed by atoms with van der Waals surface area (Å²) in [5.41, 5.74) is 0. The third-order valence-corrected chi connectivity index (χ3v) is 5.25. The molecule has 0 unspecified atom stereocenters. The van der Waals surface area contributed by atoms with E-state index in [-0.39, 0.29) is 24.3 Å². The Hall–Kier alpha value is -1.58. The van der Waals surface area contributed by atoms with Gasteiger partial charge in [0.2, 0.25) is 10.0 Å². The van der Waals surface area contributed by atoms with Crippen LogP contribution in [-0.2, 0) is 10.0 Å². The number of nitriles is 1. The number of para-hydroxylation sites is 1. The van der Waals surface area contributed by atoms with E-state index in [0.717, 1.165) is 31.4 Å². The maximum Gasteiger partial charge on any atom is 0.212 e. The predicted octanol–water partition coefficient (Wildman–Crippen LogP) is 2.60. The smallest absolute Gasteiger partial charge is 0.212 e. The molecule has 0 saturated heterocycles. The molecule has 22 heavy (non-hydrogen) atoms. The minimum atomic E-state index is -3.36. The number of nitrogens with one attached hydrogen (secondary N) is 1. The summed E-state index contributed by atoms with van der Waals surface area (Å²) in [7, 11) is -3.36. The molecule has 0 radical (unpaired) electrons. The first kappa shape index (κ1) is 16.8. The second-order valence-corrected chi connectivity index (χ2v) is 7.43. The van der Waals surface area contributed by atoms with Crippen molar-refractivity contribution >= 4 is 10.0 Å². The van der Waals surface area contributed by atoms with Crippen molar-refractivity contribution in [2.45, 2.75) is 50.7 Å². The van der Waals surface area contributed by atoms with Gasteiger partial charge in [-0.1, -0.05) is 24.6 Å². The van der Waals surface area contributed by atoms with Crippen LogP contribution in [-0.4, -0.2) is 26.3 Å². The second kappa shape index (κ2) is 8.16. The molecule has 120 valence electrons. The van der Waals surface area contributed by atoms with Crippen molar-refractivity contribution in [1.82, 2.24) is 4.72 Å². The quantitative estimate of drug-likeness (QED) is 0.783. The number of rotatable bonds is 7. The van der Waals surface area contributed by atoms with Gasteiger partial charge in [0.05, 0.1) is 17.9 Å². The number of unbranched alkanes of at least 4 members (excludes halogenated alkanes) is 1. The second-order valence-electron chi connectivity index (χ2n) is 5.56. The van der Waals surface area contributed by atoms with Gasteiger partial charge in [-0.25, -0.2) is 13.1 Å². The average Bonchev–Trinajstić information content (AvgIpc) is 2.50. The average molecular weight is 322 g/mol. The zero-order valence-electron chi connectivity index (χ0n) is 12.6. The van der Waals surface area contributed by atoms with Crippen molar-refractivity contribution in [3.8, 4) is 11.8 Å². The third kappa shape index (κ3) is 5.32. The molecule has 1 aliphatic rings. The maximum absolute atomic E-state index is 12.1. The Kier molecular flexibility index (Phi) is 6.22. The number of hydrogen-bond acceptors (Lipinski definition) is 4. The number of nitrogens with zero attached hydrogens (tertiary/aromatic N) is 1. The molecule has 1 saturated carbocycles. The van der Waals surface area contributed by atoms with Crippen molar-refractivity contribution in [1.29, 1.82) is 5.26 Å². The zero-order chi connectivity index (χ0) is 15.8. The van der Waals surface area contributed by atoms with Crippen LogP contribution in [0.5, 0.6) is 5.75 Å². The van der Waals surface area contributed by atoms with E-state index in [1.54, 1.807) is 0 Å². The fourth-order valence-corrected chi connectivity index (χ4v) is 4.05. The van der Waals surface area contributed by atoms with E-state index in [1.165, 1.54) is 0 Å². The minimum Gasteiger partial charge on any atom is -0.489 e. The lowest BCUT2D eigenvalue weighted by atomic mass is 9.93. The fourth-order valence-electron chi connectivity index (χ4n) is 2.68. The van der Waals surface area contributed by atoms with Crippen LogP contribution in [0.3, 0.4) is 0 Å². The first-order valence-electron chi connectivity index (χ1n) is 7.69. The van der Waals surface area contributed by atoms with Crippen LogP contribution in [0, 0.1) is 11.3 Å². The van der Waals surface area contributed by atoms with Gasteiger partial charge in [0.25, 0.3) is 0 Å². The topological polar surface area (TPSA) is 79.2 Å². The molecular formula is C16H22N2O3S. The zero-order valence-corrected chi connectivity index (χ0v) is 13.4. The van der Waals surface area contributed by atoms with Crippen LogP contribution in [0.25, 0.3) is 0 Å². The molecule has 1 aromatic carbocycles. The minimum absolute atomic E-state index is 0.00484. The van der Waals surface area contributed by atoms with Crippen LogP contribution in [0.4, 0.5) is 0 Å². The molecule has 0 amide bonds. The van der Waals surface area contributed by atoms with Crippen molar-refractivity contribution in [3.63, 3.8) is 0 Å².